The number of fused-ring (bicyclic) bond motifs is 1. The Morgan fingerprint density at radius 3 is 2.69 bits per heavy atom. The molecule has 0 saturated carbocycles. The molecule has 3 amide bonds. The van der Waals surface area contributed by atoms with E-state index in [2.05, 4.69) is 10.4 Å². The van der Waals surface area contributed by atoms with Gasteiger partial charge in [-0.3, -0.25) is 19.1 Å². The molecule has 0 aliphatic carbocycles. The number of piperidine rings is 1. The molecule has 0 unspecified atom stereocenters. The summed E-state index contributed by atoms with van der Waals surface area (Å²) in [6, 6.07) is 11.0. The number of aromatic nitrogens is 2. The summed E-state index contributed by atoms with van der Waals surface area (Å²) >= 11 is 0. The van der Waals surface area contributed by atoms with Gasteiger partial charge in [-0.25, -0.2) is 0 Å². The van der Waals surface area contributed by atoms with Gasteiger partial charge in [0.15, 0.2) is 5.69 Å². The Labute approximate surface area is 188 Å². The number of nitrogens with one attached hydrogen (secondary N) is 1. The molecule has 2 aliphatic heterocycles. The molecular weight excluding hydrogens is 406 g/mol. The summed E-state index contributed by atoms with van der Waals surface area (Å²) in [4.78, 5) is 42.6. The second-order valence-corrected chi connectivity index (χ2v) is 8.50. The van der Waals surface area contributed by atoms with Gasteiger partial charge in [-0.2, -0.15) is 5.10 Å². The van der Waals surface area contributed by atoms with Crippen molar-refractivity contribution in [1.29, 1.82) is 0 Å². The van der Waals surface area contributed by atoms with Crippen molar-refractivity contribution in [1.82, 2.24) is 24.9 Å². The zero-order valence-corrected chi connectivity index (χ0v) is 18.6. The lowest BCUT2D eigenvalue weighted by atomic mass is 10.0. The zero-order chi connectivity index (χ0) is 22.5. The fourth-order valence-corrected chi connectivity index (χ4v) is 4.45. The summed E-state index contributed by atoms with van der Waals surface area (Å²) in [7, 11) is 0. The molecule has 8 heteroatoms. The van der Waals surface area contributed by atoms with Crippen LogP contribution in [0.15, 0.2) is 36.4 Å². The third-order valence-electron chi connectivity index (χ3n) is 6.14. The maximum absolute atomic E-state index is 13.3. The molecule has 0 spiro atoms. The first-order chi connectivity index (χ1) is 15.6. The number of hydrogen-bond donors (Lipinski definition) is 1. The Morgan fingerprint density at radius 1 is 1.09 bits per heavy atom. The molecule has 0 bridgehead atoms. The first kappa shape index (κ1) is 22.0. The minimum Gasteiger partial charge on any atom is -0.354 e. The van der Waals surface area contributed by atoms with Gasteiger partial charge in [-0.1, -0.05) is 37.3 Å². The van der Waals surface area contributed by atoms with Crippen LogP contribution in [0, 0.1) is 0 Å². The largest absolute Gasteiger partial charge is 0.354 e. The van der Waals surface area contributed by atoms with Crippen molar-refractivity contribution in [3.63, 3.8) is 0 Å². The summed E-state index contributed by atoms with van der Waals surface area (Å²) in [5, 5.41) is 7.39. The highest BCUT2D eigenvalue weighted by Gasteiger charge is 2.35. The fourth-order valence-electron chi connectivity index (χ4n) is 4.45. The lowest BCUT2D eigenvalue weighted by Gasteiger charge is -2.34. The molecule has 2 aromatic rings. The zero-order valence-electron chi connectivity index (χ0n) is 18.6. The molecular formula is C24H31N5O3. The molecule has 2 aliphatic rings. The quantitative estimate of drug-likeness (QED) is 0.752. The molecule has 1 N–H and O–H groups in total. The molecule has 32 heavy (non-hydrogen) atoms. The van der Waals surface area contributed by atoms with Gasteiger partial charge in [0.05, 0.1) is 0 Å². The molecule has 170 valence electrons. The minimum absolute atomic E-state index is 0.106. The molecule has 8 nitrogen and oxygen atoms in total. The highest BCUT2D eigenvalue weighted by molar-refractivity contribution is 5.99. The van der Waals surface area contributed by atoms with E-state index in [1.807, 2.05) is 42.2 Å². The van der Waals surface area contributed by atoms with E-state index < -0.39 is 6.04 Å². The number of rotatable bonds is 6. The molecule has 1 aromatic carbocycles. The van der Waals surface area contributed by atoms with Gasteiger partial charge in [0.25, 0.3) is 11.8 Å². The minimum atomic E-state index is -0.477. The summed E-state index contributed by atoms with van der Waals surface area (Å²) in [5.41, 5.74) is 1.75. The number of hydrogen-bond acceptors (Lipinski definition) is 4. The van der Waals surface area contributed by atoms with Crippen LogP contribution in [0.3, 0.4) is 0 Å². The van der Waals surface area contributed by atoms with Crippen molar-refractivity contribution in [2.75, 3.05) is 19.6 Å². The van der Waals surface area contributed by atoms with Crippen molar-refractivity contribution in [2.45, 2.75) is 58.2 Å². The molecule has 1 saturated heterocycles. The third kappa shape index (κ3) is 4.69. The van der Waals surface area contributed by atoms with E-state index in [4.69, 9.17) is 0 Å². The van der Waals surface area contributed by atoms with Crippen LogP contribution >= 0.6 is 0 Å². The normalized spacial score (nSPS) is 18.8. The molecule has 1 fully saturated rings. The average Bonchev–Trinajstić information content (AvgIpc) is 3.20. The third-order valence-corrected chi connectivity index (χ3v) is 6.14. The lowest BCUT2D eigenvalue weighted by Crippen LogP contribution is -2.52. The van der Waals surface area contributed by atoms with E-state index in [0.717, 1.165) is 31.2 Å². The summed E-state index contributed by atoms with van der Waals surface area (Å²) < 4.78 is 1.65. The van der Waals surface area contributed by atoms with Crippen LogP contribution in [-0.2, 0) is 17.9 Å². The highest BCUT2D eigenvalue weighted by Crippen LogP contribution is 2.22. The van der Waals surface area contributed by atoms with Crippen LogP contribution in [-0.4, -0.2) is 63.0 Å². The van der Waals surface area contributed by atoms with E-state index in [1.165, 1.54) is 0 Å². The fraction of sp³-hybridized carbons (Fsp3) is 0.500. The predicted octanol–water partition coefficient (Wildman–Crippen LogP) is 2.45. The van der Waals surface area contributed by atoms with Crippen LogP contribution in [0.2, 0.25) is 0 Å². The molecule has 0 radical (unpaired) electrons. The Hall–Kier alpha value is -3.16. The molecule has 1 aromatic heterocycles. The Bertz CT molecular complexity index is 971. The lowest BCUT2D eigenvalue weighted by molar-refractivity contribution is -0.126. The standard InChI is InChI=1S/C24H31N5O3/c1-2-12-25-22(30)20-11-6-7-14-28(20)23(31)19-16-21-24(32)27(13-8-15-29(21)26-19)17-18-9-4-3-5-10-18/h3-5,9-10,16,20H,2,6-8,11-15,17H2,1H3,(H,25,30)/t20-/m0/s1. The number of carbonyl (C=O) groups excluding carboxylic acids is 3. The van der Waals surface area contributed by atoms with Crippen molar-refractivity contribution in [2.24, 2.45) is 0 Å². The van der Waals surface area contributed by atoms with Crippen LogP contribution in [0.4, 0.5) is 0 Å². The van der Waals surface area contributed by atoms with E-state index in [9.17, 15) is 14.4 Å². The topological polar surface area (TPSA) is 87.5 Å². The van der Waals surface area contributed by atoms with Crippen LogP contribution in [0.25, 0.3) is 0 Å². The number of aryl methyl sites for hydroxylation is 1. The van der Waals surface area contributed by atoms with Gasteiger partial charge >= 0.3 is 0 Å². The van der Waals surface area contributed by atoms with Crippen molar-refractivity contribution >= 4 is 17.7 Å². The SMILES string of the molecule is CCCNC(=O)[C@@H]1CCCCN1C(=O)c1cc2n(n1)CCCN(Cc1ccccc1)C2=O. The van der Waals surface area contributed by atoms with Gasteiger partial charge in [0.2, 0.25) is 5.91 Å². The van der Waals surface area contributed by atoms with Gasteiger partial charge in [-0.15, -0.1) is 0 Å². The average molecular weight is 438 g/mol. The van der Waals surface area contributed by atoms with Crippen molar-refractivity contribution in [3.8, 4) is 0 Å². The van der Waals surface area contributed by atoms with Crippen LogP contribution in [0.1, 0.15) is 65.6 Å². The molecule has 3 heterocycles. The summed E-state index contributed by atoms with van der Waals surface area (Å²) in [6.45, 7) is 4.88. The maximum atomic E-state index is 13.3. The monoisotopic (exact) mass is 437 g/mol. The van der Waals surface area contributed by atoms with E-state index >= 15 is 0 Å². The highest BCUT2D eigenvalue weighted by atomic mass is 16.2. The Balaban J connectivity index is 1.53. The van der Waals surface area contributed by atoms with Crippen molar-refractivity contribution < 1.29 is 14.4 Å². The Morgan fingerprint density at radius 2 is 1.91 bits per heavy atom. The van der Waals surface area contributed by atoms with Gasteiger partial charge in [0, 0.05) is 38.8 Å². The summed E-state index contributed by atoms with van der Waals surface area (Å²) in [5.74, 6) is -0.496. The Kier molecular flexibility index (Phi) is 6.87. The molecule has 4 rings (SSSR count). The summed E-state index contributed by atoms with van der Waals surface area (Å²) in [6.07, 6.45) is 4.05. The number of likely N-dealkylation sites (tertiary alicyclic amines) is 1. The maximum Gasteiger partial charge on any atom is 0.275 e. The van der Waals surface area contributed by atoms with Gasteiger partial charge < -0.3 is 15.1 Å². The number of nitrogens with zero attached hydrogens (tertiary/aromatic N) is 4. The van der Waals surface area contributed by atoms with Crippen molar-refractivity contribution in [3.05, 3.63) is 53.3 Å². The van der Waals surface area contributed by atoms with Crippen LogP contribution in [0.5, 0.6) is 0 Å². The number of amides is 3. The van der Waals surface area contributed by atoms with Gasteiger partial charge in [-0.05, 0) is 37.7 Å². The second-order valence-electron chi connectivity index (χ2n) is 8.50. The first-order valence-corrected chi connectivity index (χ1v) is 11.6. The predicted molar refractivity (Wildman–Crippen MR) is 120 cm³/mol. The van der Waals surface area contributed by atoms with Gasteiger partial charge in [0.1, 0.15) is 11.7 Å². The number of benzene rings is 1. The molecule has 1 atom stereocenters. The smallest absolute Gasteiger partial charge is 0.275 e. The number of carbonyl (C=O) groups is 3. The van der Waals surface area contributed by atoms with E-state index in [0.29, 0.717) is 44.8 Å². The second kappa shape index (κ2) is 9.97. The first-order valence-electron chi connectivity index (χ1n) is 11.6. The van der Waals surface area contributed by atoms with Crippen LogP contribution < -0.4 is 5.32 Å². The van der Waals surface area contributed by atoms with E-state index in [-0.39, 0.29) is 23.4 Å². The van der Waals surface area contributed by atoms with E-state index in [1.54, 1.807) is 15.6 Å².